The Hall–Kier alpha value is -1.99. The molecule has 0 N–H and O–H groups in total. The van der Waals surface area contributed by atoms with Crippen LogP contribution in [0.4, 0.5) is 0 Å². The third kappa shape index (κ3) is 2.63. The molecule has 1 aromatic carbocycles. The van der Waals surface area contributed by atoms with E-state index < -0.39 is 0 Å². The highest BCUT2D eigenvalue weighted by molar-refractivity contribution is 7.99. The van der Waals surface area contributed by atoms with Crippen molar-refractivity contribution in [3.63, 3.8) is 0 Å². The van der Waals surface area contributed by atoms with Crippen molar-refractivity contribution in [3.8, 4) is 5.69 Å². The quantitative estimate of drug-likeness (QED) is 0.547. The summed E-state index contributed by atoms with van der Waals surface area (Å²) in [6, 6.07) is 9.66. The molecule has 0 saturated carbocycles. The van der Waals surface area contributed by atoms with Crippen LogP contribution in [-0.2, 0) is 0 Å². The molecule has 2 aromatic heterocycles. The molecule has 0 spiro atoms. The summed E-state index contributed by atoms with van der Waals surface area (Å²) < 4.78 is 1.65. The van der Waals surface area contributed by atoms with E-state index in [1.54, 1.807) is 10.9 Å². The third-order valence-electron chi connectivity index (χ3n) is 2.53. The van der Waals surface area contributed by atoms with Gasteiger partial charge in [0.15, 0.2) is 0 Å². The van der Waals surface area contributed by atoms with Crippen molar-refractivity contribution >= 4 is 23.4 Å². The number of nitrogens with zero attached hydrogens (tertiary/aromatic N) is 6. The smallest absolute Gasteiger partial charge is 0.223 e. The SMILES string of the molecule is Cc1cnc(Cl)nc1Sc1nnnn1-c1ccccc1. The Bertz CT molecular complexity index is 730. The van der Waals surface area contributed by atoms with Gasteiger partial charge in [-0.05, 0) is 52.8 Å². The zero-order valence-electron chi connectivity index (χ0n) is 10.4. The summed E-state index contributed by atoms with van der Waals surface area (Å²) in [7, 11) is 0. The molecule has 0 aliphatic rings. The Morgan fingerprint density at radius 1 is 1.20 bits per heavy atom. The monoisotopic (exact) mass is 304 g/mol. The summed E-state index contributed by atoms with van der Waals surface area (Å²) in [6.45, 7) is 1.91. The summed E-state index contributed by atoms with van der Waals surface area (Å²) in [6.07, 6.45) is 1.67. The van der Waals surface area contributed by atoms with Crippen LogP contribution >= 0.6 is 23.4 Å². The van der Waals surface area contributed by atoms with Gasteiger partial charge in [-0.1, -0.05) is 18.2 Å². The molecule has 20 heavy (non-hydrogen) atoms. The van der Waals surface area contributed by atoms with E-state index in [9.17, 15) is 0 Å². The van der Waals surface area contributed by atoms with E-state index in [2.05, 4.69) is 25.5 Å². The van der Waals surface area contributed by atoms with E-state index in [0.717, 1.165) is 16.3 Å². The van der Waals surface area contributed by atoms with E-state index in [1.165, 1.54) is 11.8 Å². The fraction of sp³-hybridized carbons (Fsp3) is 0.0833. The van der Waals surface area contributed by atoms with Gasteiger partial charge in [-0.25, -0.2) is 9.97 Å². The predicted octanol–water partition coefficient (Wildman–Crippen LogP) is 2.57. The maximum atomic E-state index is 5.82. The molecule has 0 unspecified atom stereocenters. The number of hydrogen-bond acceptors (Lipinski definition) is 6. The second kappa shape index (κ2) is 5.56. The van der Waals surface area contributed by atoms with Crippen molar-refractivity contribution in [2.75, 3.05) is 0 Å². The first-order valence-corrected chi connectivity index (χ1v) is 6.94. The van der Waals surface area contributed by atoms with Crippen LogP contribution in [0.2, 0.25) is 5.28 Å². The molecule has 0 bridgehead atoms. The molecule has 0 aliphatic heterocycles. The first kappa shape index (κ1) is 13.0. The average molecular weight is 305 g/mol. The van der Waals surface area contributed by atoms with Gasteiger partial charge in [0.1, 0.15) is 5.03 Å². The number of aryl methyl sites for hydroxylation is 1. The molecular formula is C12H9ClN6S. The second-order valence-electron chi connectivity index (χ2n) is 3.94. The molecule has 3 aromatic rings. The van der Waals surface area contributed by atoms with Crippen LogP contribution in [0.3, 0.4) is 0 Å². The lowest BCUT2D eigenvalue weighted by Gasteiger charge is -2.05. The van der Waals surface area contributed by atoms with Gasteiger partial charge in [0, 0.05) is 11.8 Å². The summed E-state index contributed by atoms with van der Waals surface area (Å²) in [4.78, 5) is 8.12. The fourth-order valence-electron chi connectivity index (χ4n) is 1.57. The molecule has 0 radical (unpaired) electrons. The van der Waals surface area contributed by atoms with E-state index in [1.807, 2.05) is 37.3 Å². The molecule has 0 atom stereocenters. The number of aromatic nitrogens is 6. The lowest BCUT2D eigenvalue weighted by Crippen LogP contribution is -1.99. The predicted molar refractivity (Wildman–Crippen MR) is 75.1 cm³/mol. The number of rotatable bonds is 3. The molecule has 2 heterocycles. The Kier molecular flexibility index (Phi) is 3.62. The molecule has 8 heteroatoms. The number of benzene rings is 1. The van der Waals surface area contributed by atoms with Gasteiger partial charge in [0.2, 0.25) is 10.4 Å². The minimum Gasteiger partial charge on any atom is -0.226 e. The van der Waals surface area contributed by atoms with Gasteiger partial charge in [-0.2, -0.15) is 4.68 Å². The summed E-state index contributed by atoms with van der Waals surface area (Å²) >= 11 is 7.17. The molecule has 6 nitrogen and oxygen atoms in total. The van der Waals surface area contributed by atoms with Crippen LogP contribution in [0.1, 0.15) is 5.56 Å². The first-order chi connectivity index (χ1) is 9.74. The molecule has 0 aliphatic carbocycles. The highest BCUT2D eigenvalue weighted by atomic mass is 35.5. The topological polar surface area (TPSA) is 69.4 Å². The summed E-state index contributed by atoms with van der Waals surface area (Å²) in [5.41, 5.74) is 1.81. The van der Waals surface area contributed by atoms with Gasteiger partial charge in [-0.15, -0.1) is 5.10 Å². The molecule has 3 rings (SSSR count). The van der Waals surface area contributed by atoms with Crippen LogP contribution in [0.25, 0.3) is 5.69 Å². The van der Waals surface area contributed by atoms with E-state index >= 15 is 0 Å². The first-order valence-electron chi connectivity index (χ1n) is 5.75. The highest BCUT2D eigenvalue weighted by Crippen LogP contribution is 2.28. The van der Waals surface area contributed by atoms with Crippen molar-refractivity contribution in [3.05, 3.63) is 47.4 Å². The van der Waals surface area contributed by atoms with Crippen LogP contribution in [0.15, 0.2) is 46.7 Å². The fourth-order valence-corrected chi connectivity index (χ4v) is 2.58. The van der Waals surface area contributed by atoms with E-state index in [4.69, 9.17) is 11.6 Å². The molecule has 0 fully saturated rings. The Balaban J connectivity index is 1.97. The minimum atomic E-state index is 0.205. The number of tetrazole rings is 1. The van der Waals surface area contributed by atoms with Crippen molar-refractivity contribution in [1.82, 2.24) is 30.2 Å². The van der Waals surface area contributed by atoms with Crippen LogP contribution in [0.5, 0.6) is 0 Å². The Labute approximate surface area is 124 Å². The maximum Gasteiger partial charge on any atom is 0.223 e. The Morgan fingerprint density at radius 2 is 2.00 bits per heavy atom. The zero-order valence-corrected chi connectivity index (χ0v) is 12.0. The normalized spacial score (nSPS) is 10.7. The van der Waals surface area contributed by atoms with Gasteiger partial charge in [-0.3, -0.25) is 0 Å². The van der Waals surface area contributed by atoms with Crippen LogP contribution in [-0.4, -0.2) is 30.2 Å². The van der Waals surface area contributed by atoms with Gasteiger partial charge >= 0.3 is 0 Å². The second-order valence-corrected chi connectivity index (χ2v) is 5.23. The van der Waals surface area contributed by atoms with Crippen LogP contribution in [0, 0.1) is 6.92 Å². The lowest BCUT2D eigenvalue weighted by molar-refractivity contribution is 0.755. The van der Waals surface area contributed by atoms with Gasteiger partial charge < -0.3 is 0 Å². The largest absolute Gasteiger partial charge is 0.226 e. The molecule has 0 saturated heterocycles. The van der Waals surface area contributed by atoms with Crippen molar-refractivity contribution < 1.29 is 0 Å². The molecule has 100 valence electrons. The molecule has 0 amide bonds. The van der Waals surface area contributed by atoms with Crippen molar-refractivity contribution in [2.45, 2.75) is 17.1 Å². The standard InChI is InChI=1S/C12H9ClN6S/c1-8-7-14-11(13)15-10(8)20-12-16-17-18-19(12)9-5-3-2-4-6-9/h2-7H,1H3. The lowest BCUT2D eigenvalue weighted by atomic mass is 10.3. The Morgan fingerprint density at radius 3 is 2.80 bits per heavy atom. The van der Waals surface area contributed by atoms with Crippen molar-refractivity contribution in [1.29, 1.82) is 0 Å². The van der Waals surface area contributed by atoms with Crippen molar-refractivity contribution in [2.24, 2.45) is 0 Å². The zero-order chi connectivity index (χ0) is 13.9. The summed E-state index contributed by atoms with van der Waals surface area (Å²) in [5, 5.41) is 13.3. The third-order valence-corrected chi connectivity index (χ3v) is 3.75. The highest BCUT2D eigenvalue weighted by Gasteiger charge is 2.13. The van der Waals surface area contributed by atoms with Gasteiger partial charge in [0.25, 0.3) is 0 Å². The summed E-state index contributed by atoms with van der Waals surface area (Å²) in [5.74, 6) is 0. The van der Waals surface area contributed by atoms with Crippen LogP contribution < -0.4 is 0 Å². The minimum absolute atomic E-state index is 0.205. The van der Waals surface area contributed by atoms with E-state index in [0.29, 0.717) is 5.16 Å². The number of hydrogen-bond donors (Lipinski definition) is 0. The molecular weight excluding hydrogens is 296 g/mol. The average Bonchev–Trinajstić information content (AvgIpc) is 2.92. The number of halogens is 1. The van der Waals surface area contributed by atoms with E-state index in [-0.39, 0.29) is 5.28 Å². The number of para-hydroxylation sites is 1. The maximum absolute atomic E-state index is 5.82. The van der Waals surface area contributed by atoms with Gasteiger partial charge in [0.05, 0.1) is 5.69 Å².